The van der Waals surface area contributed by atoms with E-state index in [2.05, 4.69) is 32.0 Å². The van der Waals surface area contributed by atoms with Crippen LogP contribution in [0.2, 0.25) is 0 Å². The van der Waals surface area contributed by atoms with E-state index in [1.165, 1.54) is 0 Å². The van der Waals surface area contributed by atoms with Gasteiger partial charge >= 0.3 is 0 Å². The fourth-order valence-electron chi connectivity index (χ4n) is 4.97. The third-order valence-corrected chi connectivity index (χ3v) is 6.79. The highest BCUT2D eigenvalue weighted by atomic mass is 16.2. The predicted octanol–water partition coefficient (Wildman–Crippen LogP) is 2.02. The molecule has 1 aromatic carbocycles. The molecule has 1 aromatic heterocycles. The van der Waals surface area contributed by atoms with Crippen molar-refractivity contribution in [2.75, 3.05) is 63.1 Å². The Labute approximate surface area is 188 Å². The standard InChI is InChI=1S/C24H30N6O2/c1-27-12-14-28(15-13-27)16-18-6-5-11-29(18)17-22(31)30-21-9-3-2-7-19(21)24(32)26-20-8-4-10-25-23(20)30/h2-4,7-10,18H,5-6,11-17H2,1H3,(H,26,32). The van der Waals surface area contributed by atoms with Crippen molar-refractivity contribution in [2.45, 2.75) is 18.9 Å². The van der Waals surface area contributed by atoms with Crippen LogP contribution in [0.25, 0.3) is 0 Å². The molecule has 1 N–H and O–H groups in total. The fraction of sp³-hybridized carbons (Fsp3) is 0.458. The highest BCUT2D eigenvalue weighted by Gasteiger charge is 2.34. The molecule has 168 valence electrons. The van der Waals surface area contributed by atoms with E-state index in [1.807, 2.05) is 18.2 Å². The Morgan fingerprint density at radius 2 is 1.91 bits per heavy atom. The molecule has 3 aliphatic rings. The van der Waals surface area contributed by atoms with E-state index in [9.17, 15) is 9.59 Å². The summed E-state index contributed by atoms with van der Waals surface area (Å²) in [6.45, 7) is 6.60. The summed E-state index contributed by atoms with van der Waals surface area (Å²) in [4.78, 5) is 39.8. The van der Waals surface area contributed by atoms with Gasteiger partial charge in [-0.25, -0.2) is 4.98 Å². The monoisotopic (exact) mass is 434 g/mol. The number of hydrogen-bond acceptors (Lipinski definition) is 6. The third-order valence-electron chi connectivity index (χ3n) is 6.79. The summed E-state index contributed by atoms with van der Waals surface area (Å²) in [5.74, 6) is 0.198. The van der Waals surface area contributed by atoms with Crippen LogP contribution < -0.4 is 10.2 Å². The van der Waals surface area contributed by atoms with E-state index < -0.39 is 0 Å². The molecule has 1 atom stereocenters. The van der Waals surface area contributed by atoms with Gasteiger partial charge in [0.15, 0.2) is 5.82 Å². The molecular formula is C24H30N6O2. The quantitative estimate of drug-likeness (QED) is 0.794. The number of rotatable bonds is 4. The first kappa shape index (κ1) is 21.1. The van der Waals surface area contributed by atoms with Crippen molar-refractivity contribution >= 4 is 29.0 Å². The van der Waals surface area contributed by atoms with Gasteiger partial charge in [-0.15, -0.1) is 0 Å². The molecule has 2 saturated heterocycles. The number of hydrogen-bond donors (Lipinski definition) is 1. The number of benzene rings is 1. The van der Waals surface area contributed by atoms with Crippen LogP contribution in [0.3, 0.4) is 0 Å². The lowest BCUT2D eigenvalue weighted by molar-refractivity contribution is -0.119. The number of likely N-dealkylation sites (tertiary alicyclic amines) is 1. The number of para-hydroxylation sites is 1. The molecule has 4 heterocycles. The topological polar surface area (TPSA) is 72.0 Å². The van der Waals surface area contributed by atoms with Gasteiger partial charge in [0.1, 0.15) is 0 Å². The average molecular weight is 435 g/mol. The van der Waals surface area contributed by atoms with Crippen molar-refractivity contribution in [3.63, 3.8) is 0 Å². The molecule has 8 nitrogen and oxygen atoms in total. The minimum Gasteiger partial charge on any atom is -0.319 e. The molecular weight excluding hydrogens is 404 g/mol. The van der Waals surface area contributed by atoms with Gasteiger partial charge in [-0.05, 0) is 50.7 Å². The van der Waals surface area contributed by atoms with Crippen molar-refractivity contribution in [3.05, 3.63) is 48.2 Å². The zero-order valence-electron chi connectivity index (χ0n) is 18.5. The predicted molar refractivity (Wildman–Crippen MR) is 124 cm³/mol. The molecule has 0 aliphatic carbocycles. The van der Waals surface area contributed by atoms with Crippen molar-refractivity contribution in [1.29, 1.82) is 0 Å². The Bertz CT molecular complexity index is 1000. The summed E-state index contributed by atoms with van der Waals surface area (Å²) in [7, 11) is 2.17. The summed E-state index contributed by atoms with van der Waals surface area (Å²) < 4.78 is 0. The highest BCUT2D eigenvalue weighted by Crippen LogP contribution is 2.36. The van der Waals surface area contributed by atoms with Crippen molar-refractivity contribution in [3.8, 4) is 0 Å². The second kappa shape index (κ2) is 8.97. The summed E-state index contributed by atoms with van der Waals surface area (Å²) in [6.07, 6.45) is 3.88. The van der Waals surface area contributed by atoms with Crippen molar-refractivity contribution < 1.29 is 9.59 Å². The van der Waals surface area contributed by atoms with Crippen LogP contribution in [0.1, 0.15) is 23.2 Å². The van der Waals surface area contributed by atoms with E-state index in [-0.39, 0.29) is 11.8 Å². The number of piperazine rings is 1. The van der Waals surface area contributed by atoms with E-state index in [0.29, 0.717) is 35.3 Å². The molecule has 0 radical (unpaired) electrons. The van der Waals surface area contributed by atoms with Gasteiger partial charge in [-0.2, -0.15) is 0 Å². The molecule has 0 spiro atoms. The number of nitrogens with one attached hydrogen (secondary N) is 1. The third kappa shape index (κ3) is 4.13. The van der Waals surface area contributed by atoms with E-state index in [4.69, 9.17) is 0 Å². The Morgan fingerprint density at radius 1 is 1.09 bits per heavy atom. The van der Waals surface area contributed by atoms with Crippen LogP contribution >= 0.6 is 0 Å². The Hall–Kier alpha value is -2.81. The van der Waals surface area contributed by atoms with Gasteiger partial charge in [-0.3, -0.25) is 24.3 Å². The smallest absolute Gasteiger partial charge is 0.257 e. The Balaban J connectivity index is 1.38. The van der Waals surface area contributed by atoms with Crippen molar-refractivity contribution in [1.82, 2.24) is 19.7 Å². The molecule has 2 amide bonds. The molecule has 2 aromatic rings. The van der Waals surface area contributed by atoms with E-state index in [1.54, 1.807) is 29.3 Å². The van der Waals surface area contributed by atoms with Crippen LogP contribution in [-0.2, 0) is 4.79 Å². The van der Waals surface area contributed by atoms with Crippen LogP contribution in [0, 0.1) is 0 Å². The maximum atomic E-state index is 13.7. The van der Waals surface area contributed by atoms with Gasteiger partial charge < -0.3 is 10.2 Å². The van der Waals surface area contributed by atoms with Crippen LogP contribution in [0.15, 0.2) is 42.6 Å². The number of aromatic nitrogens is 1. The fourth-order valence-corrected chi connectivity index (χ4v) is 4.97. The highest BCUT2D eigenvalue weighted by molar-refractivity contribution is 6.17. The van der Waals surface area contributed by atoms with Crippen LogP contribution in [0.4, 0.5) is 17.2 Å². The molecule has 0 saturated carbocycles. The molecule has 3 aliphatic heterocycles. The SMILES string of the molecule is CN1CCN(CC2CCCN2CC(=O)N2c3ccccc3C(=O)Nc3cccnc32)CC1. The number of carbonyl (C=O) groups excluding carboxylic acids is 2. The number of pyridine rings is 1. The molecule has 1 unspecified atom stereocenters. The summed E-state index contributed by atoms with van der Waals surface area (Å²) in [5.41, 5.74) is 1.62. The second-order valence-corrected chi connectivity index (χ2v) is 8.95. The van der Waals surface area contributed by atoms with E-state index in [0.717, 1.165) is 52.1 Å². The molecule has 5 rings (SSSR count). The summed E-state index contributed by atoms with van der Waals surface area (Å²) >= 11 is 0. The summed E-state index contributed by atoms with van der Waals surface area (Å²) in [6, 6.07) is 11.2. The Kier molecular flexibility index (Phi) is 5.91. The maximum Gasteiger partial charge on any atom is 0.257 e. The minimum atomic E-state index is -0.223. The first-order valence-electron chi connectivity index (χ1n) is 11.4. The second-order valence-electron chi connectivity index (χ2n) is 8.95. The average Bonchev–Trinajstić information content (AvgIpc) is 3.17. The molecule has 32 heavy (non-hydrogen) atoms. The molecule has 2 fully saturated rings. The lowest BCUT2D eigenvalue weighted by atomic mass is 10.1. The van der Waals surface area contributed by atoms with E-state index >= 15 is 0 Å². The zero-order chi connectivity index (χ0) is 22.1. The van der Waals surface area contributed by atoms with Gasteiger partial charge in [0.25, 0.3) is 5.91 Å². The lowest BCUT2D eigenvalue weighted by Gasteiger charge is -2.36. The molecule has 8 heteroatoms. The number of likely N-dealkylation sites (N-methyl/N-ethyl adjacent to an activating group) is 1. The number of amides is 2. The normalized spacial score (nSPS) is 22.2. The lowest BCUT2D eigenvalue weighted by Crippen LogP contribution is -2.50. The van der Waals surface area contributed by atoms with Crippen LogP contribution in [-0.4, -0.2) is 90.4 Å². The van der Waals surface area contributed by atoms with Crippen molar-refractivity contribution in [2.24, 2.45) is 0 Å². The van der Waals surface area contributed by atoms with Crippen LogP contribution in [0.5, 0.6) is 0 Å². The van der Waals surface area contributed by atoms with Gasteiger partial charge in [0, 0.05) is 45.0 Å². The first-order chi connectivity index (χ1) is 15.6. The molecule has 0 bridgehead atoms. The maximum absolute atomic E-state index is 13.7. The Morgan fingerprint density at radius 3 is 2.75 bits per heavy atom. The van der Waals surface area contributed by atoms with Gasteiger partial charge in [0.05, 0.1) is 23.5 Å². The number of fused-ring (bicyclic) bond motifs is 2. The minimum absolute atomic E-state index is 0.0563. The number of nitrogens with zero attached hydrogens (tertiary/aromatic N) is 5. The number of anilines is 3. The largest absolute Gasteiger partial charge is 0.319 e. The number of carbonyl (C=O) groups is 2. The van der Waals surface area contributed by atoms with Gasteiger partial charge in [-0.1, -0.05) is 12.1 Å². The summed E-state index contributed by atoms with van der Waals surface area (Å²) in [5, 5.41) is 2.90. The first-order valence-corrected chi connectivity index (χ1v) is 11.4. The van der Waals surface area contributed by atoms with Gasteiger partial charge in [0.2, 0.25) is 5.91 Å². The zero-order valence-corrected chi connectivity index (χ0v) is 18.5.